The monoisotopic (exact) mass is 310 g/mol. The predicted octanol–water partition coefficient (Wildman–Crippen LogP) is 2.64. The number of para-hydroxylation sites is 2. The quantitative estimate of drug-likeness (QED) is 0.761. The van der Waals surface area contributed by atoms with Crippen LogP contribution in [0.2, 0.25) is 0 Å². The molecular formula is C17H18N4O2. The lowest BCUT2D eigenvalue weighted by Gasteiger charge is -2.11. The van der Waals surface area contributed by atoms with Gasteiger partial charge in [-0.1, -0.05) is 36.4 Å². The van der Waals surface area contributed by atoms with Gasteiger partial charge in [0, 0.05) is 13.7 Å². The third kappa shape index (κ3) is 3.49. The summed E-state index contributed by atoms with van der Waals surface area (Å²) in [5.74, 6) is 0. The van der Waals surface area contributed by atoms with Gasteiger partial charge in [0.15, 0.2) is 0 Å². The van der Waals surface area contributed by atoms with Gasteiger partial charge in [-0.2, -0.15) is 0 Å². The SMILES string of the molecule is COCc1ccccc1CNC(=O)Nn1cnc2ccccc21. The molecule has 3 rings (SSSR count). The van der Waals surface area contributed by atoms with Crippen LogP contribution in [0.5, 0.6) is 0 Å². The van der Waals surface area contributed by atoms with Crippen molar-refractivity contribution in [2.75, 3.05) is 12.5 Å². The van der Waals surface area contributed by atoms with E-state index in [0.717, 1.165) is 22.2 Å². The van der Waals surface area contributed by atoms with Gasteiger partial charge in [-0.15, -0.1) is 0 Å². The first-order chi connectivity index (χ1) is 11.3. The second kappa shape index (κ2) is 6.93. The molecule has 0 spiro atoms. The summed E-state index contributed by atoms with van der Waals surface area (Å²) in [4.78, 5) is 16.3. The molecule has 1 heterocycles. The molecule has 2 N–H and O–H groups in total. The fourth-order valence-corrected chi connectivity index (χ4v) is 2.40. The zero-order chi connectivity index (χ0) is 16.1. The minimum Gasteiger partial charge on any atom is -0.380 e. The van der Waals surface area contributed by atoms with Crippen LogP contribution in [-0.2, 0) is 17.9 Å². The number of hydrogen-bond acceptors (Lipinski definition) is 3. The van der Waals surface area contributed by atoms with Gasteiger partial charge in [-0.3, -0.25) is 0 Å². The number of benzene rings is 2. The van der Waals surface area contributed by atoms with Crippen LogP contribution in [0.15, 0.2) is 54.9 Å². The number of amides is 2. The average Bonchev–Trinajstić information content (AvgIpc) is 2.98. The van der Waals surface area contributed by atoms with Gasteiger partial charge in [-0.05, 0) is 23.3 Å². The second-order valence-electron chi connectivity index (χ2n) is 5.10. The molecule has 3 aromatic rings. The summed E-state index contributed by atoms with van der Waals surface area (Å²) in [6.45, 7) is 0.948. The number of carbonyl (C=O) groups excluding carboxylic acids is 1. The Kier molecular flexibility index (Phi) is 4.54. The van der Waals surface area contributed by atoms with Crippen molar-refractivity contribution in [3.05, 3.63) is 66.0 Å². The largest absolute Gasteiger partial charge is 0.380 e. The Bertz CT molecular complexity index is 813. The summed E-state index contributed by atoms with van der Waals surface area (Å²) in [5, 5.41) is 2.85. The molecule has 0 saturated carbocycles. The molecule has 0 bridgehead atoms. The lowest BCUT2D eigenvalue weighted by molar-refractivity contribution is 0.184. The van der Waals surface area contributed by atoms with E-state index < -0.39 is 0 Å². The number of hydrogen-bond donors (Lipinski definition) is 2. The van der Waals surface area contributed by atoms with E-state index in [1.54, 1.807) is 18.1 Å². The fraction of sp³-hybridized carbons (Fsp3) is 0.176. The lowest BCUT2D eigenvalue weighted by atomic mass is 10.1. The van der Waals surface area contributed by atoms with Gasteiger partial charge in [-0.25, -0.2) is 19.9 Å². The number of aromatic nitrogens is 2. The Morgan fingerprint density at radius 3 is 2.70 bits per heavy atom. The third-order valence-electron chi connectivity index (χ3n) is 3.53. The molecular weight excluding hydrogens is 292 g/mol. The molecule has 118 valence electrons. The first kappa shape index (κ1) is 15.1. The van der Waals surface area contributed by atoms with E-state index in [9.17, 15) is 4.79 Å². The molecule has 1 aromatic heterocycles. The van der Waals surface area contributed by atoms with Crippen LogP contribution < -0.4 is 10.7 Å². The highest BCUT2D eigenvalue weighted by atomic mass is 16.5. The van der Waals surface area contributed by atoms with Crippen LogP contribution in [0.3, 0.4) is 0 Å². The molecule has 0 saturated heterocycles. The number of carbonyl (C=O) groups is 1. The highest BCUT2D eigenvalue weighted by Crippen LogP contribution is 2.11. The van der Waals surface area contributed by atoms with Crippen molar-refractivity contribution < 1.29 is 9.53 Å². The minimum atomic E-state index is -0.291. The van der Waals surface area contributed by atoms with Crippen molar-refractivity contribution >= 4 is 17.1 Å². The minimum absolute atomic E-state index is 0.291. The van der Waals surface area contributed by atoms with Gasteiger partial charge in [0.05, 0.1) is 17.6 Å². The van der Waals surface area contributed by atoms with E-state index in [1.165, 1.54) is 0 Å². The number of nitrogens with zero attached hydrogens (tertiary/aromatic N) is 2. The normalized spacial score (nSPS) is 10.7. The summed E-state index contributed by atoms with van der Waals surface area (Å²) in [7, 11) is 1.65. The molecule has 0 fully saturated rings. The number of methoxy groups -OCH3 is 1. The number of nitrogens with one attached hydrogen (secondary N) is 2. The van der Waals surface area contributed by atoms with Crippen LogP contribution >= 0.6 is 0 Å². The smallest absolute Gasteiger partial charge is 0.334 e. The van der Waals surface area contributed by atoms with Crippen molar-refractivity contribution in [2.45, 2.75) is 13.2 Å². The Morgan fingerprint density at radius 1 is 1.13 bits per heavy atom. The Labute approximate surface area is 134 Å². The predicted molar refractivity (Wildman–Crippen MR) is 88.5 cm³/mol. The van der Waals surface area contributed by atoms with Crippen molar-refractivity contribution in [3.63, 3.8) is 0 Å². The standard InChI is InChI=1S/C17H18N4O2/c1-23-11-14-7-3-2-6-13(14)10-18-17(22)20-21-12-19-15-8-4-5-9-16(15)21/h2-9,12H,10-11H2,1H3,(H2,18,20,22). The molecule has 0 aliphatic heterocycles. The van der Waals surface area contributed by atoms with Crippen LogP contribution in [0, 0.1) is 0 Å². The first-order valence-corrected chi connectivity index (χ1v) is 7.30. The van der Waals surface area contributed by atoms with E-state index in [1.807, 2.05) is 48.5 Å². The van der Waals surface area contributed by atoms with E-state index in [4.69, 9.17) is 4.74 Å². The lowest BCUT2D eigenvalue weighted by Crippen LogP contribution is -2.33. The van der Waals surface area contributed by atoms with Gasteiger partial charge in [0.2, 0.25) is 0 Å². The molecule has 2 amide bonds. The molecule has 6 nitrogen and oxygen atoms in total. The summed E-state index contributed by atoms with van der Waals surface area (Å²) in [6, 6.07) is 15.2. The van der Waals surface area contributed by atoms with Crippen molar-refractivity contribution in [1.29, 1.82) is 0 Å². The number of rotatable bonds is 5. The molecule has 0 aliphatic carbocycles. The van der Waals surface area contributed by atoms with Gasteiger partial charge in [0.25, 0.3) is 0 Å². The van der Waals surface area contributed by atoms with Gasteiger partial charge < -0.3 is 10.1 Å². The number of fused-ring (bicyclic) bond motifs is 1. The maximum atomic E-state index is 12.1. The average molecular weight is 310 g/mol. The highest BCUT2D eigenvalue weighted by molar-refractivity contribution is 5.85. The van der Waals surface area contributed by atoms with Crippen molar-refractivity contribution in [1.82, 2.24) is 15.0 Å². The Morgan fingerprint density at radius 2 is 1.87 bits per heavy atom. The number of urea groups is 1. The maximum absolute atomic E-state index is 12.1. The van der Waals surface area contributed by atoms with Crippen molar-refractivity contribution in [2.24, 2.45) is 0 Å². The topological polar surface area (TPSA) is 68.2 Å². The van der Waals surface area contributed by atoms with Crippen LogP contribution in [0.25, 0.3) is 11.0 Å². The van der Waals surface area contributed by atoms with E-state index in [0.29, 0.717) is 13.2 Å². The van der Waals surface area contributed by atoms with Crippen LogP contribution in [0.4, 0.5) is 4.79 Å². The Hall–Kier alpha value is -2.86. The van der Waals surface area contributed by atoms with Crippen LogP contribution in [-0.4, -0.2) is 22.8 Å². The Balaban J connectivity index is 1.64. The van der Waals surface area contributed by atoms with Crippen molar-refractivity contribution in [3.8, 4) is 0 Å². The highest BCUT2D eigenvalue weighted by Gasteiger charge is 2.07. The third-order valence-corrected chi connectivity index (χ3v) is 3.53. The zero-order valence-corrected chi connectivity index (χ0v) is 12.8. The second-order valence-corrected chi connectivity index (χ2v) is 5.10. The van der Waals surface area contributed by atoms with Gasteiger partial charge >= 0.3 is 6.03 Å². The summed E-state index contributed by atoms with van der Waals surface area (Å²) in [6.07, 6.45) is 1.59. The molecule has 2 aromatic carbocycles. The maximum Gasteiger partial charge on any atom is 0.334 e. The first-order valence-electron chi connectivity index (χ1n) is 7.30. The molecule has 23 heavy (non-hydrogen) atoms. The molecule has 0 aliphatic rings. The molecule has 0 radical (unpaired) electrons. The molecule has 0 unspecified atom stereocenters. The summed E-state index contributed by atoms with van der Waals surface area (Å²) >= 11 is 0. The summed E-state index contributed by atoms with van der Waals surface area (Å²) < 4.78 is 6.77. The van der Waals surface area contributed by atoms with Crippen LogP contribution in [0.1, 0.15) is 11.1 Å². The molecule has 6 heteroatoms. The van der Waals surface area contributed by atoms with Gasteiger partial charge in [0.1, 0.15) is 6.33 Å². The van der Waals surface area contributed by atoms with E-state index in [-0.39, 0.29) is 6.03 Å². The van der Waals surface area contributed by atoms with E-state index in [2.05, 4.69) is 15.7 Å². The fourth-order valence-electron chi connectivity index (χ4n) is 2.40. The number of ether oxygens (including phenoxy) is 1. The number of imidazole rings is 1. The van der Waals surface area contributed by atoms with E-state index >= 15 is 0 Å². The molecule has 0 atom stereocenters. The summed E-state index contributed by atoms with van der Waals surface area (Å²) in [5.41, 5.74) is 6.53. The zero-order valence-electron chi connectivity index (χ0n) is 12.8.